The molecule has 25 heavy (non-hydrogen) atoms. The van der Waals surface area contributed by atoms with Crippen molar-refractivity contribution < 1.29 is 9.18 Å². The molecule has 2 aromatic carbocycles. The Hall–Kier alpha value is -2.20. The van der Waals surface area contributed by atoms with Gasteiger partial charge in [0.05, 0.1) is 0 Å². The number of likely N-dealkylation sites (tertiary alicyclic amines) is 1. The summed E-state index contributed by atoms with van der Waals surface area (Å²) in [6.45, 7) is 5.48. The fraction of sp³-hybridized carbons (Fsp3) is 0.381. The Morgan fingerprint density at radius 3 is 2.08 bits per heavy atom. The zero-order valence-corrected chi connectivity index (χ0v) is 14.8. The van der Waals surface area contributed by atoms with E-state index in [1.54, 1.807) is 19.1 Å². The highest BCUT2D eigenvalue weighted by atomic mass is 19.1. The minimum Gasteiger partial charge on any atom is -0.343 e. The minimum absolute atomic E-state index is 0.169. The van der Waals surface area contributed by atoms with E-state index >= 15 is 0 Å². The molecule has 0 aromatic heterocycles. The molecule has 4 heteroatoms. The van der Waals surface area contributed by atoms with Crippen molar-refractivity contribution in [2.24, 2.45) is 0 Å². The van der Waals surface area contributed by atoms with Crippen molar-refractivity contribution in [2.75, 3.05) is 13.1 Å². The first kappa shape index (κ1) is 17.6. The summed E-state index contributed by atoms with van der Waals surface area (Å²) in [5.41, 5.74) is 3.34. The minimum atomic E-state index is -0.214. The molecule has 1 N–H and O–H groups in total. The predicted molar refractivity (Wildman–Crippen MR) is 98.7 cm³/mol. The highest BCUT2D eigenvalue weighted by molar-refractivity contribution is 5.73. The van der Waals surface area contributed by atoms with Gasteiger partial charge in [-0.15, -0.1) is 0 Å². The van der Waals surface area contributed by atoms with Crippen LogP contribution in [0, 0.1) is 5.82 Å². The van der Waals surface area contributed by atoms with Crippen molar-refractivity contribution >= 4 is 5.91 Å². The number of nitrogens with zero attached hydrogens (tertiary/aromatic N) is 1. The van der Waals surface area contributed by atoms with Crippen LogP contribution in [0.3, 0.4) is 0 Å². The lowest BCUT2D eigenvalue weighted by Gasteiger charge is -2.33. The van der Waals surface area contributed by atoms with Gasteiger partial charge in [0, 0.05) is 32.1 Å². The maximum absolute atomic E-state index is 13.0. The fourth-order valence-electron chi connectivity index (χ4n) is 3.42. The molecule has 2 aromatic rings. The van der Waals surface area contributed by atoms with Gasteiger partial charge in [0.25, 0.3) is 0 Å². The summed E-state index contributed by atoms with van der Waals surface area (Å²) in [6.07, 6.45) is 2.00. The smallest absolute Gasteiger partial charge is 0.219 e. The van der Waals surface area contributed by atoms with Crippen LogP contribution in [0.2, 0.25) is 0 Å². The summed E-state index contributed by atoms with van der Waals surface area (Å²) in [4.78, 5) is 13.3. The Morgan fingerprint density at radius 1 is 1.04 bits per heavy atom. The number of nitrogens with one attached hydrogen (secondary N) is 1. The van der Waals surface area contributed by atoms with Crippen LogP contribution in [-0.4, -0.2) is 29.9 Å². The van der Waals surface area contributed by atoms with Gasteiger partial charge < -0.3 is 10.2 Å². The first-order valence-corrected chi connectivity index (χ1v) is 8.90. The summed E-state index contributed by atoms with van der Waals surface area (Å²) in [6, 6.07) is 15.7. The molecule has 1 fully saturated rings. The summed E-state index contributed by atoms with van der Waals surface area (Å²) >= 11 is 0. The van der Waals surface area contributed by atoms with Gasteiger partial charge in [0.1, 0.15) is 5.82 Å². The summed E-state index contributed by atoms with van der Waals surface area (Å²) in [5, 5.41) is 3.67. The quantitative estimate of drug-likeness (QED) is 0.907. The lowest BCUT2D eigenvalue weighted by atomic mass is 9.99. The van der Waals surface area contributed by atoms with Crippen LogP contribution in [0.5, 0.6) is 0 Å². The second-order valence-electron chi connectivity index (χ2n) is 6.80. The van der Waals surface area contributed by atoms with Gasteiger partial charge >= 0.3 is 0 Å². The zero-order valence-electron chi connectivity index (χ0n) is 14.8. The Morgan fingerprint density at radius 2 is 1.56 bits per heavy atom. The first-order chi connectivity index (χ1) is 12.0. The normalized spacial score (nSPS) is 16.7. The standard InChI is InChI=1S/C21H25FN2O/c1-15(23-21-11-13-24(14-12-21)16(2)25)17-3-5-18(6-4-17)19-7-9-20(22)10-8-19/h3-10,15,21,23H,11-14H2,1-2H3/t15-/m1/s1. The van der Waals surface area contributed by atoms with E-state index in [4.69, 9.17) is 0 Å². The summed E-state index contributed by atoms with van der Waals surface area (Å²) in [7, 11) is 0. The average Bonchev–Trinajstić information content (AvgIpc) is 2.63. The van der Waals surface area contributed by atoms with Crippen LogP contribution in [0.4, 0.5) is 4.39 Å². The topological polar surface area (TPSA) is 32.3 Å². The third-order valence-corrected chi connectivity index (χ3v) is 5.01. The number of halogens is 1. The molecule has 0 saturated carbocycles. The molecule has 1 heterocycles. The molecule has 1 aliphatic rings. The van der Waals surface area contributed by atoms with E-state index in [9.17, 15) is 9.18 Å². The molecule has 132 valence electrons. The van der Waals surface area contributed by atoms with Gasteiger partial charge in [-0.2, -0.15) is 0 Å². The van der Waals surface area contributed by atoms with E-state index in [1.807, 2.05) is 4.90 Å². The van der Waals surface area contributed by atoms with E-state index in [0.29, 0.717) is 6.04 Å². The highest BCUT2D eigenvalue weighted by Crippen LogP contribution is 2.23. The van der Waals surface area contributed by atoms with Gasteiger partial charge in [0.15, 0.2) is 0 Å². The van der Waals surface area contributed by atoms with Crippen LogP contribution in [0.25, 0.3) is 11.1 Å². The Balaban J connectivity index is 1.58. The van der Waals surface area contributed by atoms with Crippen LogP contribution in [0.1, 0.15) is 38.3 Å². The molecule has 0 bridgehead atoms. The van der Waals surface area contributed by atoms with Gasteiger partial charge in [-0.25, -0.2) is 4.39 Å². The van der Waals surface area contributed by atoms with Crippen molar-refractivity contribution in [3.8, 4) is 11.1 Å². The number of carbonyl (C=O) groups is 1. The van der Waals surface area contributed by atoms with Crippen LogP contribution in [0.15, 0.2) is 48.5 Å². The number of hydrogen-bond acceptors (Lipinski definition) is 2. The molecular formula is C21H25FN2O. The predicted octanol–water partition coefficient (Wildman–Crippen LogP) is 4.15. The van der Waals surface area contributed by atoms with Gasteiger partial charge in [-0.3, -0.25) is 4.79 Å². The lowest BCUT2D eigenvalue weighted by Crippen LogP contribution is -2.44. The van der Waals surface area contributed by atoms with Gasteiger partial charge in [0.2, 0.25) is 5.91 Å². The Bertz CT molecular complexity index is 704. The van der Waals surface area contributed by atoms with Gasteiger partial charge in [-0.05, 0) is 48.6 Å². The molecule has 0 spiro atoms. The number of rotatable bonds is 4. The summed E-state index contributed by atoms with van der Waals surface area (Å²) in [5.74, 6) is -0.0445. The molecular weight excluding hydrogens is 315 g/mol. The number of piperidine rings is 1. The van der Waals surface area contributed by atoms with E-state index in [0.717, 1.165) is 37.1 Å². The molecule has 0 radical (unpaired) electrons. The summed E-state index contributed by atoms with van der Waals surface area (Å²) < 4.78 is 13.0. The number of hydrogen-bond donors (Lipinski definition) is 1. The van der Waals surface area contributed by atoms with Gasteiger partial charge in [-0.1, -0.05) is 36.4 Å². The van der Waals surface area contributed by atoms with Crippen LogP contribution >= 0.6 is 0 Å². The fourth-order valence-corrected chi connectivity index (χ4v) is 3.42. The van der Waals surface area contributed by atoms with Crippen LogP contribution in [-0.2, 0) is 4.79 Å². The lowest BCUT2D eigenvalue weighted by molar-refractivity contribution is -0.129. The second kappa shape index (κ2) is 7.79. The SMILES string of the molecule is CC(=O)N1CCC(N[C@H](C)c2ccc(-c3ccc(F)cc3)cc2)CC1. The number of amides is 1. The molecule has 1 saturated heterocycles. The number of benzene rings is 2. The third kappa shape index (κ3) is 4.45. The first-order valence-electron chi connectivity index (χ1n) is 8.90. The van der Waals surface area contributed by atoms with Crippen molar-refractivity contribution in [1.29, 1.82) is 0 Å². The van der Waals surface area contributed by atoms with E-state index in [1.165, 1.54) is 17.7 Å². The van der Waals surface area contributed by atoms with E-state index < -0.39 is 0 Å². The highest BCUT2D eigenvalue weighted by Gasteiger charge is 2.21. The monoisotopic (exact) mass is 340 g/mol. The average molecular weight is 340 g/mol. The molecule has 1 aliphatic heterocycles. The van der Waals surface area contributed by atoms with Crippen LogP contribution < -0.4 is 5.32 Å². The number of carbonyl (C=O) groups excluding carboxylic acids is 1. The molecule has 0 aliphatic carbocycles. The maximum Gasteiger partial charge on any atom is 0.219 e. The zero-order chi connectivity index (χ0) is 17.8. The Kier molecular flexibility index (Phi) is 5.49. The molecule has 3 rings (SSSR count). The molecule has 1 atom stereocenters. The second-order valence-corrected chi connectivity index (χ2v) is 6.80. The Labute approximate surface area is 148 Å². The largest absolute Gasteiger partial charge is 0.343 e. The third-order valence-electron chi connectivity index (χ3n) is 5.01. The van der Waals surface area contributed by atoms with Crippen molar-refractivity contribution in [1.82, 2.24) is 10.2 Å². The van der Waals surface area contributed by atoms with Crippen molar-refractivity contribution in [2.45, 2.75) is 38.8 Å². The maximum atomic E-state index is 13.0. The van der Waals surface area contributed by atoms with E-state index in [-0.39, 0.29) is 17.8 Å². The van der Waals surface area contributed by atoms with E-state index in [2.05, 4.69) is 36.5 Å². The molecule has 0 unspecified atom stereocenters. The molecule has 1 amide bonds. The van der Waals surface area contributed by atoms with Crippen molar-refractivity contribution in [3.63, 3.8) is 0 Å². The molecule has 3 nitrogen and oxygen atoms in total. The van der Waals surface area contributed by atoms with Crippen molar-refractivity contribution in [3.05, 3.63) is 59.9 Å².